The van der Waals surface area contributed by atoms with Crippen molar-refractivity contribution in [2.24, 2.45) is 28.6 Å². The average molecular weight is 417 g/mol. The molecule has 1 aliphatic heterocycles. The van der Waals surface area contributed by atoms with E-state index in [1.807, 2.05) is 6.08 Å². The van der Waals surface area contributed by atoms with Crippen molar-refractivity contribution in [3.05, 3.63) is 11.6 Å². The van der Waals surface area contributed by atoms with Crippen molar-refractivity contribution in [3.8, 4) is 0 Å². The Morgan fingerprint density at radius 2 is 1.93 bits per heavy atom. The van der Waals surface area contributed by atoms with E-state index in [1.54, 1.807) is 7.11 Å². The predicted octanol–water partition coefficient (Wildman–Crippen LogP) is 3.37. The van der Waals surface area contributed by atoms with Crippen LogP contribution < -0.4 is 0 Å². The fraction of sp³-hybridized carbons (Fsp3) is 0.792. The molecule has 1 spiro atoms. The normalized spacial score (nSPS) is 46.5. The smallest absolute Gasteiger partial charge is 0.303 e. The van der Waals surface area contributed by atoms with E-state index >= 15 is 0 Å². The maximum Gasteiger partial charge on any atom is 0.303 e. The molecule has 6 heteroatoms. The van der Waals surface area contributed by atoms with Gasteiger partial charge in [0.15, 0.2) is 17.9 Å². The zero-order chi connectivity index (χ0) is 21.3. The highest BCUT2D eigenvalue weighted by atomic mass is 16.7. The molecule has 4 aliphatic carbocycles. The van der Waals surface area contributed by atoms with Crippen molar-refractivity contribution in [1.82, 2.24) is 0 Å². The predicted molar refractivity (Wildman–Crippen MR) is 107 cm³/mol. The van der Waals surface area contributed by atoms with Gasteiger partial charge in [0.1, 0.15) is 6.61 Å². The van der Waals surface area contributed by atoms with Gasteiger partial charge in [-0.25, -0.2) is 0 Å². The number of carbonyl (C=O) groups is 3. The molecule has 0 aromatic rings. The van der Waals surface area contributed by atoms with Crippen molar-refractivity contribution < 1.29 is 28.6 Å². The van der Waals surface area contributed by atoms with Crippen LogP contribution >= 0.6 is 0 Å². The zero-order valence-electron chi connectivity index (χ0n) is 18.2. The summed E-state index contributed by atoms with van der Waals surface area (Å²) >= 11 is 0. The lowest BCUT2D eigenvalue weighted by Gasteiger charge is -2.58. The number of hydrogen-bond donors (Lipinski definition) is 0. The maximum absolute atomic E-state index is 13.0. The van der Waals surface area contributed by atoms with Crippen LogP contribution in [-0.4, -0.2) is 43.1 Å². The first-order chi connectivity index (χ1) is 14.3. The number of methoxy groups -OCH3 is 1. The van der Waals surface area contributed by atoms with Gasteiger partial charge in [0.25, 0.3) is 0 Å². The summed E-state index contributed by atoms with van der Waals surface area (Å²) in [5, 5.41) is 0. The first-order valence-electron chi connectivity index (χ1n) is 11.4. The molecular weight excluding hydrogens is 384 g/mol. The highest BCUT2D eigenvalue weighted by molar-refractivity contribution is 5.92. The minimum atomic E-state index is -0.409. The Balaban J connectivity index is 1.50. The molecule has 0 aromatic heterocycles. The monoisotopic (exact) mass is 416 g/mol. The lowest BCUT2D eigenvalue weighted by molar-refractivity contribution is -0.209. The van der Waals surface area contributed by atoms with Gasteiger partial charge in [-0.05, 0) is 62.4 Å². The standard InChI is InChI=1S/C24H32O6/c1-14(25)29-13-18(27)17-4-5-19-22(17,2)9-8-20-23-10-7-16(26)12-15(23)6-11-24(19,20)30-21(23)28-3/h12,17,19-21H,4-11,13H2,1-3H3. The fourth-order valence-corrected chi connectivity index (χ4v) is 8.32. The molecule has 164 valence electrons. The van der Waals surface area contributed by atoms with E-state index < -0.39 is 5.97 Å². The largest absolute Gasteiger partial charge is 0.458 e. The molecule has 4 fully saturated rings. The van der Waals surface area contributed by atoms with E-state index in [0.717, 1.165) is 44.9 Å². The van der Waals surface area contributed by atoms with E-state index in [0.29, 0.717) is 12.3 Å². The van der Waals surface area contributed by atoms with Crippen LogP contribution in [0, 0.1) is 28.6 Å². The molecule has 0 aromatic carbocycles. The first-order valence-corrected chi connectivity index (χ1v) is 11.4. The second-order valence-corrected chi connectivity index (χ2v) is 10.3. The van der Waals surface area contributed by atoms with Gasteiger partial charge < -0.3 is 14.2 Å². The molecule has 1 saturated heterocycles. The van der Waals surface area contributed by atoms with Crippen LogP contribution in [0.3, 0.4) is 0 Å². The number of esters is 1. The van der Waals surface area contributed by atoms with Gasteiger partial charge in [0, 0.05) is 37.7 Å². The summed E-state index contributed by atoms with van der Waals surface area (Å²) in [6, 6.07) is 0. The summed E-state index contributed by atoms with van der Waals surface area (Å²) < 4.78 is 17.8. The molecule has 5 aliphatic rings. The maximum atomic E-state index is 13.0. The van der Waals surface area contributed by atoms with Crippen molar-refractivity contribution >= 4 is 17.5 Å². The van der Waals surface area contributed by atoms with Crippen LogP contribution in [0.15, 0.2) is 11.6 Å². The van der Waals surface area contributed by atoms with E-state index in [4.69, 9.17) is 14.2 Å². The third-order valence-corrected chi connectivity index (χ3v) is 9.38. The van der Waals surface area contributed by atoms with Gasteiger partial charge in [0.2, 0.25) is 0 Å². The third-order valence-electron chi connectivity index (χ3n) is 9.38. The van der Waals surface area contributed by atoms with E-state index in [2.05, 4.69) is 6.92 Å². The van der Waals surface area contributed by atoms with E-state index in [-0.39, 0.29) is 52.7 Å². The van der Waals surface area contributed by atoms with Gasteiger partial charge in [-0.15, -0.1) is 0 Å². The van der Waals surface area contributed by atoms with Gasteiger partial charge in [-0.2, -0.15) is 0 Å². The molecule has 7 atom stereocenters. The molecule has 5 rings (SSSR count). The van der Waals surface area contributed by atoms with Crippen LogP contribution in [0.1, 0.15) is 65.2 Å². The van der Waals surface area contributed by atoms with Crippen LogP contribution in [0.5, 0.6) is 0 Å². The molecular formula is C24H32O6. The SMILES string of the molecule is COC1OC23CCC4=CC(=O)CCC41C2CCC1(C)C(C(=O)COC(C)=O)CCC13. The minimum absolute atomic E-state index is 0.0423. The topological polar surface area (TPSA) is 78.9 Å². The Kier molecular flexibility index (Phi) is 4.57. The van der Waals surface area contributed by atoms with Crippen LogP contribution in [-0.2, 0) is 28.6 Å². The number of ketones is 2. The quantitative estimate of drug-likeness (QED) is 0.654. The van der Waals surface area contributed by atoms with Crippen LogP contribution in [0.4, 0.5) is 0 Å². The van der Waals surface area contributed by atoms with Crippen molar-refractivity contribution in [3.63, 3.8) is 0 Å². The van der Waals surface area contributed by atoms with Gasteiger partial charge >= 0.3 is 5.97 Å². The van der Waals surface area contributed by atoms with Crippen molar-refractivity contribution in [2.75, 3.05) is 13.7 Å². The zero-order valence-corrected chi connectivity index (χ0v) is 18.2. The Hall–Kier alpha value is -1.53. The molecule has 30 heavy (non-hydrogen) atoms. The Morgan fingerprint density at radius 3 is 2.67 bits per heavy atom. The van der Waals surface area contributed by atoms with E-state index in [1.165, 1.54) is 12.5 Å². The number of Topliss-reactive ketones (excluding diaryl/α,β-unsaturated/α-hetero) is 1. The van der Waals surface area contributed by atoms with E-state index in [9.17, 15) is 14.4 Å². The number of ether oxygens (including phenoxy) is 3. The minimum Gasteiger partial charge on any atom is -0.458 e. The van der Waals surface area contributed by atoms with Gasteiger partial charge in [-0.1, -0.05) is 12.5 Å². The van der Waals surface area contributed by atoms with Crippen LogP contribution in [0.25, 0.3) is 0 Å². The fourth-order valence-electron chi connectivity index (χ4n) is 8.32. The lowest BCUT2D eigenvalue weighted by atomic mass is 9.45. The highest BCUT2D eigenvalue weighted by Crippen LogP contribution is 2.74. The molecule has 3 saturated carbocycles. The molecule has 0 amide bonds. The summed E-state index contributed by atoms with van der Waals surface area (Å²) in [7, 11) is 1.72. The molecule has 2 bridgehead atoms. The number of hydrogen-bond acceptors (Lipinski definition) is 6. The second-order valence-electron chi connectivity index (χ2n) is 10.3. The summed E-state index contributed by atoms with van der Waals surface area (Å²) in [6.07, 6.45) is 8.41. The first kappa shape index (κ1) is 20.4. The van der Waals surface area contributed by atoms with Gasteiger partial charge in [-0.3, -0.25) is 14.4 Å². The number of carbonyl (C=O) groups excluding carboxylic acids is 3. The summed E-state index contributed by atoms with van der Waals surface area (Å²) in [5.41, 5.74) is 0.598. The summed E-state index contributed by atoms with van der Waals surface area (Å²) in [6.45, 7) is 3.46. The summed E-state index contributed by atoms with van der Waals surface area (Å²) in [5.74, 6) is 0.383. The summed E-state index contributed by atoms with van der Waals surface area (Å²) in [4.78, 5) is 36.3. The van der Waals surface area contributed by atoms with Crippen molar-refractivity contribution in [1.29, 1.82) is 0 Å². The Bertz CT molecular complexity index is 832. The van der Waals surface area contributed by atoms with Crippen molar-refractivity contribution in [2.45, 2.75) is 77.1 Å². The highest BCUT2D eigenvalue weighted by Gasteiger charge is 2.74. The molecule has 7 unspecified atom stereocenters. The Morgan fingerprint density at radius 1 is 1.13 bits per heavy atom. The number of rotatable bonds is 4. The second kappa shape index (κ2) is 6.73. The number of fused-ring (bicyclic) bond motifs is 1. The van der Waals surface area contributed by atoms with Gasteiger partial charge in [0.05, 0.1) is 5.60 Å². The molecule has 0 radical (unpaired) electrons. The molecule has 1 heterocycles. The molecule has 6 nitrogen and oxygen atoms in total. The lowest BCUT2D eigenvalue weighted by Crippen LogP contribution is -2.59. The third kappa shape index (κ3) is 2.46. The average Bonchev–Trinajstić information content (AvgIpc) is 3.16. The van der Waals surface area contributed by atoms with Crippen LogP contribution in [0.2, 0.25) is 0 Å². The molecule has 0 N–H and O–H groups in total. The Labute approximate surface area is 177 Å².